The number of urea groups is 1. The summed E-state index contributed by atoms with van der Waals surface area (Å²) in [6, 6.07) is 0.957. The summed E-state index contributed by atoms with van der Waals surface area (Å²) in [6.45, 7) is -1.59. The molecule has 1 aromatic rings. The SMILES string of the molecule is O=C(NCC(F)(F)F)Nc1ccc(F)cc1[N+](=O)[O-]. The average Bonchev–Trinajstić information content (AvgIpc) is 2.28. The Morgan fingerprint density at radius 3 is 2.53 bits per heavy atom. The van der Waals surface area contributed by atoms with Gasteiger partial charge in [-0.15, -0.1) is 0 Å². The van der Waals surface area contributed by atoms with Crippen molar-refractivity contribution in [3.63, 3.8) is 0 Å². The molecule has 6 nitrogen and oxygen atoms in total. The van der Waals surface area contributed by atoms with E-state index < -0.39 is 40.9 Å². The number of halogens is 4. The van der Waals surface area contributed by atoms with E-state index in [0.717, 1.165) is 12.1 Å². The molecule has 1 aromatic carbocycles. The zero-order valence-electron chi connectivity index (χ0n) is 9.12. The first-order valence-corrected chi connectivity index (χ1v) is 4.74. The van der Waals surface area contributed by atoms with Gasteiger partial charge in [0, 0.05) is 0 Å². The van der Waals surface area contributed by atoms with Crippen LogP contribution >= 0.6 is 0 Å². The topological polar surface area (TPSA) is 84.3 Å². The van der Waals surface area contributed by atoms with Gasteiger partial charge in [-0.1, -0.05) is 0 Å². The predicted octanol–water partition coefficient (Wildman–Crippen LogP) is 2.42. The van der Waals surface area contributed by atoms with Crippen LogP contribution in [0.15, 0.2) is 18.2 Å². The monoisotopic (exact) mass is 281 g/mol. The highest BCUT2D eigenvalue weighted by Crippen LogP contribution is 2.24. The molecule has 0 heterocycles. The summed E-state index contributed by atoms with van der Waals surface area (Å²) in [5, 5.41) is 13.9. The van der Waals surface area contributed by atoms with E-state index in [1.165, 1.54) is 5.32 Å². The van der Waals surface area contributed by atoms with Crippen LogP contribution in [0.2, 0.25) is 0 Å². The van der Waals surface area contributed by atoms with Gasteiger partial charge in [-0.05, 0) is 12.1 Å². The van der Waals surface area contributed by atoms with E-state index in [0.29, 0.717) is 6.07 Å². The van der Waals surface area contributed by atoms with E-state index in [-0.39, 0.29) is 0 Å². The van der Waals surface area contributed by atoms with Crippen molar-refractivity contribution in [2.45, 2.75) is 6.18 Å². The third-order valence-electron chi connectivity index (χ3n) is 1.85. The third-order valence-corrected chi connectivity index (χ3v) is 1.85. The minimum atomic E-state index is -4.61. The molecule has 104 valence electrons. The molecule has 0 bridgehead atoms. The number of carbonyl (C=O) groups is 1. The lowest BCUT2D eigenvalue weighted by Gasteiger charge is -2.09. The lowest BCUT2D eigenvalue weighted by molar-refractivity contribution is -0.384. The smallest absolute Gasteiger partial charge is 0.329 e. The van der Waals surface area contributed by atoms with Gasteiger partial charge in [-0.2, -0.15) is 13.2 Å². The largest absolute Gasteiger partial charge is 0.405 e. The maximum Gasteiger partial charge on any atom is 0.405 e. The van der Waals surface area contributed by atoms with Crippen molar-refractivity contribution in [3.8, 4) is 0 Å². The first-order valence-electron chi connectivity index (χ1n) is 4.74. The van der Waals surface area contributed by atoms with Crippen LogP contribution in [0.25, 0.3) is 0 Å². The quantitative estimate of drug-likeness (QED) is 0.507. The van der Waals surface area contributed by atoms with Crippen LogP contribution in [0.5, 0.6) is 0 Å². The van der Waals surface area contributed by atoms with Gasteiger partial charge in [0.05, 0.1) is 11.0 Å². The lowest BCUT2D eigenvalue weighted by Crippen LogP contribution is -2.36. The van der Waals surface area contributed by atoms with Crippen LogP contribution in [0.1, 0.15) is 0 Å². The number of nitrogens with zero attached hydrogens (tertiary/aromatic N) is 1. The van der Waals surface area contributed by atoms with Crippen molar-refractivity contribution in [2.24, 2.45) is 0 Å². The fraction of sp³-hybridized carbons (Fsp3) is 0.222. The molecule has 0 aliphatic rings. The minimum absolute atomic E-state index is 0.411. The number of anilines is 1. The molecular weight excluding hydrogens is 274 g/mol. The maximum absolute atomic E-state index is 12.8. The Bertz CT molecular complexity index is 504. The molecule has 0 saturated heterocycles. The highest BCUT2D eigenvalue weighted by Gasteiger charge is 2.28. The van der Waals surface area contributed by atoms with Gasteiger partial charge < -0.3 is 10.6 Å². The molecule has 0 spiro atoms. The van der Waals surface area contributed by atoms with Crippen molar-refractivity contribution >= 4 is 17.4 Å². The van der Waals surface area contributed by atoms with Gasteiger partial charge in [0.2, 0.25) is 0 Å². The molecule has 0 fully saturated rings. The molecule has 0 aliphatic carbocycles. The number of carbonyl (C=O) groups excluding carboxylic acids is 1. The standard InChI is InChI=1S/C9H7F4N3O3/c10-5-1-2-6(7(3-5)16(18)19)15-8(17)14-4-9(11,12)13/h1-3H,4H2,(H2,14,15,17). The van der Waals surface area contributed by atoms with Gasteiger partial charge in [-0.3, -0.25) is 10.1 Å². The van der Waals surface area contributed by atoms with Crippen molar-refractivity contribution in [3.05, 3.63) is 34.1 Å². The van der Waals surface area contributed by atoms with E-state index in [1.807, 2.05) is 5.32 Å². The number of rotatable bonds is 3. The molecule has 0 unspecified atom stereocenters. The van der Waals surface area contributed by atoms with E-state index >= 15 is 0 Å². The van der Waals surface area contributed by atoms with Crippen LogP contribution in [0.4, 0.5) is 33.7 Å². The number of nitro groups is 1. The number of amides is 2. The highest BCUT2D eigenvalue weighted by atomic mass is 19.4. The Kier molecular flexibility index (Phi) is 4.25. The van der Waals surface area contributed by atoms with Crippen LogP contribution in [0, 0.1) is 15.9 Å². The van der Waals surface area contributed by atoms with Gasteiger partial charge in [0.25, 0.3) is 5.69 Å². The second-order valence-corrected chi connectivity index (χ2v) is 3.34. The van der Waals surface area contributed by atoms with Crippen molar-refractivity contribution < 1.29 is 27.3 Å². The fourth-order valence-corrected chi connectivity index (χ4v) is 1.11. The number of benzene rings is 1. The van der Waals surface area contributed by atoms with E-state index in [1.54, 1.807) is 0 Å². The molecule has 0 saturated carbocycles. The van der Waals surface area contributed by atoms with E-state index in [4.69, 9.17) is 0 Å². The number of hydrogen-bond acceptors (Lipinski definition) is 3. The second kappa shape index (κ2) is 5.50. The van der Waals surface area contributed by atoms with Gasteiger partial charge >= 0.3 is 12.2 Å². The fourth-order valence-electron chi connectivity index (χ4n) is 1.11. The molecule has 19 heavy (non-hydrogen) atoms. The molecule has 1 rings (SSSR count). The summed E-state index contributed by atoms with van der Waals surface area (Å²) >= 11 is 0. The highest BCUT2D eigenvalue weighted by molar-refractivity contribution is 5.91. The molecular formula is C9H7F4N3O3. The van der Waals surface area contributed by atoms with E-state index in [2.05, 4.69) is 0 Å². The zero-order chi connectivity index (χ0) is 14.6. The Morgan fingerprint density at radius 1 is 1.37 bits per heavy atom. The summed E-state index contributed by atoms with van der Waals surface area (Å²) < 4.78 is 48.2. The lowest BCUT2D eigenvalue weighted by atomic mass is 10.2. The maximum atomic E-state index is 12.8. The number of nitro benzene ring substituents is 1. The third kappa shape index (κ3) is 4.77. The second-order valence-electron chi connectivity index (χ2n) is 3.34. The Morgan fingerprint density at radius 2 is 2.00 bits per heavy atom. The Balaban J connectivity index is 2.77. The number of nitrogens with one attached hydrogen (secondary N) is 2. The molecule has 0 aromatic heterocycles. The summed E-state index contributed by atoms with van der Waals surface area (Å²) in [7, 11) is 0. The zero-order valence-corrected chi connectivity index (χ0v) is 9.12. The van der Waals surface area contributed by atoms with Gasteiger partial charge in [0.1, 0.15) is 18.0 Å². The van der Waals surface area contributed by atoms with Crippen LogP contribution in [-0.4, -0.2) is 23.7 Å². The number of hydrogen-bond donors (Lipinski definition) is 2. The Labute approximate surface area is 103 Å². The van der Waals surface area contributed by atoms with Crippen molar-refractivity contribution in [1.82, 2.24) is 5.32 Å². The summed E-state index contributed by atoms with van der Waals surface area (Å²) in [5.74, 6) is -0.909. The molecule has 0 atom stereocenters. The minimum Gasteiger partial charge on any atom is -0.329 e. The average molecular weight is 281 g/mol. The van der Waals surface area contributed by atoms with Gasteiger partial charge in [-0.25, -0.2) is 9.18 Å². The predicted molar refractivity (Wildman–Crippen MR) is 56.1 cm³/mol. The summed E-state index contributed by atoms with van der Waals surface area (Å²) in [6.07, 6.45) is -4.61. The molecule has 0 aliphatic heterocycles. The Hall–Kier alpha value is -2.39. The van der Waals surface area contributed by atoms with Crippen LogP contribution < -0.4 is 10.6 Å². The number of alkyl halides is 3. The molecule has 2 N–H and O–H groups in total. The summed E-state index contributed by atoms with van der Waals surface area (Å²) in [5.41, 5.74) is -1.17. The van der Waals surface area contributed by atoms with Gasteiger partial charge in [0.15, 0.2) is 0 Å². The molecule has 2 amide bonds. The van der Waals surface area contributed by atoms with Crippen LogP contribution in [-0.2, 0) is 0 Å². The van der Waals surface area contributed by atoms with Crippen LogP contribution in [0.3, 0.4) is 0 Å². The summed E-state index contributed by atoms with van der Waals surface area (Å²) in [4.78, 5) is 20.7. The first-order chi connectivity index (χ1) is 8.69. The normalized spacial score (nSPS) is 10.9. The molecule has 10 heteroatoms. The van der Waals surface area contributed by atoms with Crippen molar-refractivity contribution in [2.75, 3.05) is 11.9 Å². The molecule has 0 radical (unpaired) electrons. The van der Waals surface area contributed by atoms with Crippen molar-refractivity contribution in [1.29, 1.82) is 0 Å². The van der Waals surface area contributed by atoms with E-state index in [9.17, 15) is 32.5 Å². The first kappa shape index (κ1) is 14.7.